The zero-order valence-electron chi connectivity index (χ0n) is 16.5. The fourth-order valence-electron chi connectivity index (χ4n) is 2.04. The van der Waals surface area contributed by atoms with Crippen molar-refractivity contribution in [3.8, 4) is 0 Å². The average molecular weight is 655 g/mol. The first-order valence-electron chi connectivity index (χ1n) is 7.76. The van der Waals surface area contributed by atoms with Crippen LogP contribution in [0.2, 0.25) is 27.2 Å². The number of hydrogen-bond acceptors (Lipinski definition) is 1. The third kappa shape index (κ3) is 11.7. The van der Waals surface area contributed by atoms with Gasteiger partial charge in [-0.25, -0.2) is 0 Å². The fourth-order valence-corrected chi connectivity index (χ4v) is 12.7. The first-order valence-corrected chi connectivity index (χ1v) is 33.1. The van der Waals surface area contributed by atoms with E-state index in [9.17, 15) is 4.89 Å². The van der Waals surface area contributed by atoms with Crippen molar-refractivity contribution in [2.24, 2.45) is 11.8 Å². The molecule has 1 N–H and O–H groups in total. The Labute approximate surface area is 153 Å². The van der Waals surface area contributed by atoms with Gasteiger partial charge in [0.1, 0.15) is 0 Å². The van der Waals surface area contributed by atoms with Gasteiger partial charge in [-0.05, 0) is 24.2 Å². The zero-order valence-corrected chi connectivity index (χ0v) is 23.0. The molecule has 0 spiro atoms. The molecule has 0 bridgehead atoms. The molecule has 0 amide bonds. The van der Waals surface area contributed by atoms with Crippen LogP contribution < -0.4 is 0 Å². The van der Waals surface area contributed by atoms with Gasteiger partial charge in [0.25, 0.3) is 0 Å². The molecule has 5 heteroatoms. The van der Waals surface area contributed by atoms with Crippen LogP contribution in [0.4, 0.5) is 0 Å². The molecule has 0 saturated carbocycles. The average Bonchev–Trinajstić information content (AvgIpc) is 2.62. The quantitative estimate of drug-likeness (QED) is 0.294. The summed E-state index contributed by atoms with van der Waals surface area (Å²) in [5.41, 5.74) is 11.7. The van der Waals surface area contributed by atoms with Gasteiger partial charge < -0.3 is 4.89 Å². The van der Waals surface area contributed by atoms with E-state index in [4.69, 9.17) is 0 Å². The van der Waals surface area contributed by atoms with E-state index in [1.807, 2.05) is 0 Å². The normalized spacial score (nSPS) is 22.0. The summed E-state index contributed by atoms with van der Waals surface area (Å²) in [4.78, 5) is 9.45. The van der Waals surface area contributed by atoms with Gasteiger partial charge in [0, 0.05) is 8.15 Å². The number of allylic oxidation sites excluding steroid dienone is 4. The summed E-state index contributed by atoms with van der Waals surface area (Å²) in [6.45, 7) is 4.54. The Hall–Kier alpha value is 1.48. The predicted molar refractivity (Wildman–Crippen MR) is 118 cm³/mol. The van der Waals surface area contributed by atoms with Crippen molar-refractivity contribution >= 4 is 35.1 Å². The molecule has 23 heavy (non-hydrogen) atoms. The first-order chi connectivity index (χ1) is 9.52. The van der Waals surface area contributed by atoms with Crippen molar-refractivity contribution in [3.63, 3.8) is 0 Å². The molecule has 145 valence electrons. The van der Waals surface area contributed by atoms with E-state index in [2.05, 4.69) is 100 Å². The van der Waals surface area contributed by atoms with Crippen LogP contribution in [0.3, 0.4) is 0 Å². The Kier molecular flexibility index (Phi) is 5.60. The predicted octanol–water partition coefficient (Wildman–Crippen LogP) is 8.67. The summed E-state index contributed by atoms with van der Waals surface area (Å²) in [5.74, 6) is 1.30. The van der Waals surface area contributed by atoms with Crippen LogP contribution in [0.15, 0.2) is 22.3 Å². The van der Waals surface area contributed by atoms with Crippen LogP contribution in [0, 0.1) is 11.8 Å². The Morgan fingerprint density at radius 2 is 1.39 bits per heavy atom. The molecule has 1 rings (SSSR count). The second-order valence-electron chi connectivity index (χ2n) is 10.5. The Balaban J connectivity index is 0.000000438. The van der Waals surface area contributed by atoms with Crippen LogP contribution in [0.25, 0.3) is 0 Å². The fraction of sp³-hybridized carbons (Fsp3) is 0.778. The summed E-state index contributed by atoms with van der Waals surface area (Å²) in [6.07, 6.45) is 9.66. The van der Waals surface area contributed by atoms with Gasteiger partial charge in [-0.15, -0.1) is 0 Å². The molecule has 1 aliphatic rings. The van der Waals surface area contributed by atoms with Crippen LogP contribution >= 0.6 is 35.1 Å². The number of rotatable bonds is 5. The second kappa shape index (κ2) is 5.26. The molecular formula is C18H39Br2IrOP. The van der Waals surface area contributed by atoms with Gasteiger partial charge in [0.2, 0.25) is 0 Å². The van der Waals surface area contributed by atoms with E-state index >= 15 is 0 Å². The van der Waals surface area contributed by atoms with Crippen molar-refractivity contribution in [1.82, 2.24) is 0 Å². The van der Waals surface area contributed by atoms with Gasteiger partial charge >= 0.3 is 89.4 Å². The Morgan fingerprint density at radius 3 is 1.57 bits per heavy atom. The molecule has 1 aliphatic carbocycles. The van der Waals surface area contributed by atoms with E-state index in [1.165, 1.54) is 4.09 Å². The maximum absolute atomic E-state index is 9.45. The summed E-state index contributed by atoms with van der Waals surface area (Å²) >= 11 is 8.19. The molecule has 1 nitrogen and oxygen atoms in total. The van der Waals surface area contributed by atoms with Crippen molar-refractivity contribution in [3.05, 3.63) is 22.3 Å². The van der Waals surface area contributed by atoms with Gasteiger partial charge in [-0.1, -0.05) is 27.7 Å². The molecule has 0 aromatic rings. The maximum atomic E-state index is 9.45. The van der Waals surface area contributed by atoms with Gasteiger partial charge in [0.05, 0.1) is 0 Å². The molecule has 0 aliphatic heterocycles. The van der Waals surface area contributed by atoms with Crippen LogP contribution in [0.1, 0.15) is 34.1 Å². The standard InChI is InChI=1S/C8H19OP.C5H5.5CH3.2BrH.Ir/c1-7(2)5-10(9)6-8(3)4;1-2-4-5-3-1;;;;;;;;/h7-9H,5-6H2,1-4H3;1-3H,4H2;5*1H3;2*1H;/q;;;;;;;;;+2/p-2. The number of hydrogen-bond donors (Lipinski definition) is 1. The minimum atomic E-state index is -4.09. The molecular weight excluding hydrogens is 615 g/mol. The van der Waals surface area contributed by atoms with Gasteiger partial charge in [0.15, 0.2) is 0 Å². The van der Waals surface area contributed by atoms with Crippen LogP contribution in [-0.4, -0.2) is 17.2 Å². The molecule has 0 fully saturated rings. The van der Waals surface area contributed by atoms with E-state index < -0.39 is 14.6 Å². The third-order valence-corrected chi connectivity index (χ3v) is 20.7. The van der Waals surface area contributed by atoms with Crippen molar-refractivity contribution in [2.45, 2.75) is 61.3 Å². The molecule has 0 atom stereocenters. The minimum absolute atomic E-state index is 0.648. The Morgan fingerprint density at radius 1 is 1.00 bits per heavy atom. The van der Waals surface area contributed by atoms with E-state index in [-0.39, 0.29) is 0 Å². The first kappa shape index (κ1) is 24.5. The van der Waals surface area contributed by atoms with E-state index in [0.717, 1.165) is 18.7 Å². The summed E-state index contributed by atoms with van der Waals surface area (Å²) < 4.78 is 1.48. The van der Waals surface area contributed by atoms with Crippen molar-refractivity contribution in [1.29, 1.82) is 0 Å². The van der Waals surface area contributed by atoms with Gasteiger partial charge in [-0.2, -0.15) is 0 Å². The summed E-state index contributed by atoms with van der Waals surface area (Å²) in [6, 6.07) is 0. The van der Waals surface area contributed by atoms with E-state index in [0.29, 0.717) is 11.8 Å². The SMILES string of the molecule is CC(C)CP(O)CC(C)C.[CH3][Ir]([CH3])([CH3])([CH3])([CH3])([Br])([Br])[C]1=CC=CC1. The van der Waals surface area contributed by atoms with Crippen molar-refractivity contribution < 1.29 is 11.4 Å². The van der Waals surface area contributed by atoms with E-state index in [1.54, 1.807) is 0 Å². The van der Waals surface area contributed by atoms with Crippen LogP contribution in [-0.2, 0) is 6.46 Å². The molecule has 0 heterocycles. The van der Waals surface area contributed by atoms with Crippen molar-refractivity contribution in [2.75, 3.05) is 12.3 Å². The Bertz CT molecular complexity index is 498. The molecule has 0 unspecified atom stereocenters. The molecule has 0 saturated heterocycles. The second-order valence-corrected chi connectivity index (χ2v) is 112. The number of halogens is 2. The molecule has 0 aromatic heterocycles. The van der Waals surface area contributed by atoms with Crippen LogP contribution in [0.5, 0.6) is 0 Å². The topological polar surface area (TPSA) is 20.2 Å². The summed E-state index contributed by atoms with van der Waals surface area (Å²) in [5, 5.41) is 0. The molecule has 0 radical (unpaired) electrons. The zero-order chi connectivity index (χ0) is 18.9. The molecule has 0 aromatic carbocycles. The van der Waals surface area contributed by atoms with Gasteiger partial charge in [-0.3, -0.25) is 0 Å². The summed E-state index contributed by atoms with van der Waals surface area (Å²) in [7, 11) is -0.659. The monoisotopic (exact) mass is 653 g/mol. The third-order valence-electron chi connectivity index (χ3n) is 3.09.